The number of amides is 1. The highest BCUT2D eigenvalue weighted by Crippen LogP contribution is 2.24. The van der Waals surface area contributed by atoms with Crippen LogP contribution in [-0.2, 0) is 24.3 Å². The molecule has 0 unspecified atom stereocenters. The topological polar surface area (TPSA) is 47.4 Å². The molecule has 4 aromatic rings. The van der Waals surface area contributed by atoms with Crippen molar-refractivity contribution in [1.82, 2.24) is 9.55 Å². The van der Waals surface area contributed by atoms with Crippen LogP contribution in [0.2, 0.25) is 0 Å². The minimum absolute atomic E-state index is 0.0291. The number of fused-ring (bicyclic) bond motifs is 1. The Labute approximate surface area is 174 Å². The summed E-state index contributed by atoms with van der Waals surface area (Å²) < 4.78 is 7.30. The van der Waals surface area contributed by atoms with Gasteiger partial charge in [-0.3, -0.25) is 4.79 Å². The molecule has 2 heterocycles. The van der Waals surface area contributed by atoms with Crippen LogP contribution in [-0.4, -0.2) is 22.6 Å². The SMILES string of the molecule is CCc1nc2ccccc2n1CC(=O)N(Cc1cccs1)c1ccc(OC)cc1. The zero-order valence-corrected chi connectivity index (χ0v) is 17.4. The Morgan fingerprint density at radius 2 is 1.90 bits per heavy atom. The lowest BCUT2D eigenvalue weighted by Gasteiger charge is -2.23. The Bertz CT molecular complexity index is 1100. The van der Waals surface area contributed by atoms with Crippen LogP contribution < -0.4 is 9.64 Å². The van der Waals surface area contributed by atoms with E-state index in [2.05, 4.69) is 13.0 Å². The molecule has 0 bridgehead atoms. The first-order valence-electron chi connectivity index (χ1n) is 9.60. The van der Waals surface area contributed by atoms with Crippen molar-refractivity contribution in [1.29, 1.82) is 0 Å². The summed E-state index contributed by atoms with van der Waals surface area (Å²) in [5, 5.41) is 2.03. The van der Waals surface area contributed by atoms with E-state index >= 15 is 0 Å². The van der Waals surface area contributed by atoms with Gasteiger partial charge in [-0.05, 0) is 47.8 Å². The highest BCUT2D eigenvalue weighted by molar-refractivity contribution is 7.09. The third-order valence-electron chi connectivity index (χ3n) is 4.92. The minimum atomic E-state index is 0.0291. The first kappa shape index (κ1) is 19.2. The molecule has 0 atom stereocenters. The molecular formula is C23H23N3O2S. The van der Waals surface area contributed by atoms with E-state index < -0.39 is 0 Å². The summed E-state index contributed by atoms with van der Waals surface area (Å²) in [6.07, 6.45) is 0.773. The second kappa shape index (κ2) is 8.49. The number of carbonyl (C=O) groups is 1. The number of benzene rings is 2. The molecule has 0 spiro atoms. The van der Waals surface area contributed by atoms with Crippen molar-refractivity contribution in [2.24, 2.45) is 0 Å². The van der Waals surface area contributed by atoms with Crippen LogP contribution in [0.3, 0.4) is 0 Å². The van der Waals surface area contributed by atoms with Crippen LogP contribution in [0.1, 0.15) is 17.6 Å². The number of rotatable bonds is 7. The molecule has 29 heavy (non-hydrogen) atoms. The van der Waals surface area contributed by atoms with Crippen molar-refractivity contribution < 1.29 is 9.53 Å². The quantitative estimate of drug-likeness (QED) is 0.439. The largest absolute Gasteiger partial charge is 0.497 e. The molecule has 0 saturated carbocycles. The predicted octanol–water partition coefficient (Wildman–Crippen LogP) is 4.90. The molecule has 2 aromatic heterocycles. The Morgan fingerprint density at radius 1 is 1.10 bits per heavy atom. The number of hydrogen-bond donors (Lipinski definition) is 0. The van der Waals surface area contributed by atoms with Gasteiger partial charge in [0, 0.05) is 17.0 Å². The highest BCUT2D eigenvalue weighted by atomic mass is 32.1. The van der Waals surface area contributed by atoms with E-state index in [1.165, 1.54) is 0 Å². The summed E-state index contributed by atoms with van der Waals surface area (Å²) in [5.41, 5.74) is 2.77. The molecule has 0 aliphatic heterocycles. The van der Waals surface area contributed by atoms with E-state index in [-0.39, 0.29) is 12.5 Å². The number of methoxy groups -OCH3 is 1. The number of aromatic nitrogens is 2. The molecule has 5 nitrogen and oxygen atoms in total. The molecule has 0 saturated heterocycles. The Balaban J connectivity index is 1.68. The van der Waals surface area contributed by atoms with Gasteiger partial charge in [-0.15, -0.1) is 11.3 Å². The molecule has 2 aromatic carbocycles. The summed E-state index contributed by atoms with van der Waals surface area (Å²) in [7, 11) is 1.64. The van der Waals surface area contributed by atoms with Gasteiger partial charge < -0.3 is 14.2 Å². The second-order valence-electron chi connectivity index (χ2n) is 6.71. The number of anilines is 1. The van der Waals surface area contributed by atoms with Crippen LogP contribution in [0.4, 0.5) is 5.69 Å². The maximum atomic E-state index is 13.5. The number of imidazole rings is 1. The molecule has 0 N–H and O–H groups in total. The Morgan fingerprint density at radius 3 is 2.59 bits per heavy atom. The van der Waals surface area contributed by atoms with Crippen LogP contribution in [0.25, 0.3) is 11.0 Å². The van der Waals surface area contributed by atoms with Gasteiger partial charge in [-0.1, -0.05) is 25.1 Å². The zero-order valence-electron chi connectivity index (χ0n) is 16.5. The monoisotopic (exact) mass is 405 g/mol. The number of hydrogen-bond acceptors (Lipinski definition) is 4. The van der Waals surface area contributed by atoms with Gasteiger partial charge in [0.15, 0.2) is 0 Å². The molecule has 0 aliphatic carbocycles. The summed E-state index contributed by atoms with van der Waals surface area (Å²) in [4.78, 5) is 21.1. The average Bonchev–Trinajstić information content (AvgIpc) is 3.40. The van der Waals surface area contributed by atoms with E-state index in [1.807, 2.05) is 69.4 Å². The van der Waals surface area contributed by atoms with Gasteiger partial charge in [-0.2, -0.15) is 0 Å². The van der Waals surface area contributed by atoms with Crippen LogP contribution in [0, 0.1) is 0 Å². The molecule has 0 radical (unpaired) electrons. The number of carbonyl (C=O) groups excluding carboxylic acids is 1. The third kappa shape index (κ3) is 4.03. The number of thiophene rings is 1. The summed E-state index contributed by atoms with van der Waals surface area (Å²) >= 11 is 1.65. The van der Waals surface area contributed by atoms with E-state index in [4.69, 9.17) is 9.72 Å². The molecule has 0 aliphatic rings. The molecule has 6 heteroatoms. The maximum absolute atomic E-state index is 13.5. The van der Waals surface area contributed by atoms with Gasteiger partial charge in [0.1, 0.15) is 18.1 Å². The minimum Gasteiger partial charge on any atom is -0.497 e. The van der Waals surface area contributed by atoms with Crippen molar-refractivity contribution >= 4 is 34.0 Å². The number of nitrogens with zero attached hydrogens (tertiary/aromatic N) is 3. The lowest BCUT2D eigenvalue weighted by atomic mass is 10.2. The van der Waals surface area contributed by atoms with Crippen LogP contribution in [0.5, 0.6) is 5.75 Å². The maximum Gasteiger partial charge on any atom is 0.247 e. The summed E-state index contributed by atoms with van der Waals surface area (Å²) in [6.45, 7) is 2.85. The number of para-hydroxylation sites is 2. The van der Waals surface area contributed by atoms with Crippen LogP contribution >= 0.6 is 11.3 Å². The summed E-state index contributed by atoms with van der Waals surface area (Å²) in [6, 6.07) is 19.6. The smallest absolute Gasteiger partial charge is 0.247 e. The third-order valence-corrected chi connectivity index (χ3v) is 5.78. The van der Waals surface area contributed by atoms with Gasteiger partial charge in [0.2, 0.25) is 5.91 Å². The van der Waals surface area contributed by atoms with Crippen molar-refractivity contribution in [2.45, 2.75) is 26.4 Å². The van der Waals surface area contributed by atoms with Gasteiger partial charge >= 0.3 is 0 Å². The fourth-order valence-electron chi connectivity index (χ4n) is 3.44. The predicted molar refractivity (Wildman–Crippen MR) is 118 cm³/mol. The van der Waals surface area contributed by atoms with E-state index in [9.17, 15) is 4.79 Å². The average molecular weight is 406 g/mol. The fourth-order valence-corrected chi connectivity index (χ4v) is 4.13. The molecule has 4 rings (SSSR count). The Hall–Kier alpha value is -3.12. The van der Waals surface area contributed by atoms with E-state index in [0.29, 0.717) is 6.54 Å². The van der Waals surface area contributed by atoms with Gasteiger partial charge in [0.05, 0.1) is 24.7 Å². The standard InChI is InChI=1S/C23H23N3O2S/c1-3-22-24-20-8-4-5-9-21(20)26(22)16-23(27)25(15-19-7-6-14-29-19)17-10-12-18(28-2)13-11-17/h4-14H,3,15-16H2,1-2H3. The highest BCUT2D eigenvalue weighted by Gasteiger charge is 2.20. The van der Waals surface area contributed by atoms with Crippen molar-refractivity contribution in [3.63, 3.8) is 0 Å². The molecule has 0 fully saturated rings. The fraction of sp³-hybridized carbons (Fsp3) is 0.217. The number of aryl methyl sites for hydroxylation is 1. The van der Waals surface area contributed by atoms with E-state index in [0.717, 1.165) is 39.6 Å². The van der Waals surface area contributed by atoms with Gasteiger partial charge in [0.25, 0.3) is 0 Å². The zero-order chi connectivity index (χ0) is 20.2. The lowest BCUT2D eigenvalue weighted by molar-refractivity contribution is -0.119. The van der Waals surface area contributed by atoms with Crippen LogP contribution in [0.15, 0.2) is 66.0 Å². The first-order chi connectivity index (χ1) is 14.2. The molecule has 148 valence electrons. The molecular weight excluding hydrogens is 382 g/mol. The lowest BCUT2D eigenvalue weighted by Crippen LogP contribution is -2.33. The summed E-state index contributed by atoms with van der Waals surface area (Å²) in [5.74, 6) is 1.72. The normalized spacial score (nSPS) is 11.0. The van der Waals surface area contributed by atoms with Crippen molar-refractivity contribution in [2.75, 3.05) is 12.0 Å². The van der Waals surface area contributed by atoms with Crippen molar-refractivity contribution in [3.8, 4) is 5.75 Å². The number of ether oxygens (including phenoxy) is 1. The van der Waals surface area contributed by atoms with E-state index in [1.54, 1.807) is 18.4 Å². The van der Waals surface area contributed by atoms with Gasteiger partial charge in [-0.25, -0.2) is 4.98 Å². The Kier molecular flexibility index (Phi) is 5.62. The second-order valence-corrected chi connectivity index (χ2v) is 7.75. The van der Waals surface area contributed by atoms with Crippen molar-refractivity contribution in [3.05, 3.63) is 76.7 Å². The molecule has 1 amide bonds. The first-order valence-corrected chi connectivity index (χ1v) is 10.5.